The Morgan fingerprint density at radius 1 is 1.10 bits per heavy atom. The fraction of sp³-hybridized carbons (Fsp3) is 0.469. The molecule has 10 heteroatoms. The quantitative estimate of drug-likeness (QED) is 0.239. The van der Waals surface area contributed by atoms with Gasteiger partial charge in [-0.25, -0.2) is 4.98 Å². The average molecular weight is 599 g/mol. The predicted octanol–water partition coefficient (Wildman–Crippen LogP) is 4.69. The molecule has 9 nitrogen and oxygen atoms in total. The molecule has 0 bridgehead atoms. The maximum atomic E-state index is 13.1. The summed E-state index contributed by atoms with van der Waals surface area (Å²) >= 11 is 6.35. The van der Waals surface area contributed by atoms with Gasteiger partial charge in [-0.3, -0.25) is 9.59 Å². The van der Waals surface area contributed by atoms with Gasteiger partial charge in [-0.2, -0.15) is 0 Å². The number of hydrogen-bond acceptors (Lipinski definition) is 6. The Kier molecular flexibility index (Phi) is 12.6. The first kappa shape index (κ1) is 34.8. The van der Waals surface area contributed by atoms with Crippen LogP contribution in [0.2, 0.25) is 5.02 Å². The van der Waals surface area contributed by atoms with Crippen LogP contribution >= 0.6 is 11.6 Å². The molecule has 2 atom stereocenters. The van der Waals surface area contributed by atoms with Crippen LogP contribution in [0.1, 0.15) is 70.7 Å². The highest BCUT2D eigenvalue weighted by molar-refractivity contribution is 6.32. The zero-order valence-corrected chi connectivity index (χ0v) is 25.6. The lowest BCUT2D eigenvalue weighted by atomic mass is 9.95. The van der Waals surface area contributed by atoms with Gasteiger partial charge in [0, 0.05) is 42.4 Å². The molecule has 3 rings (SSSR count). The SMILES string of the molecule is C.CC(C)Oc1ccc(C(=O)N[C@H](CNC(=O)[C@@H](C)N)Cc2ccc(-c3cn(CCN)c(C(C)(C)C)n3)cc2)cc1Cl. The van der Waals surface area contributed by atoms with Crippen molar-refractivity contribution < 1.29 is 14.3 Å². The van der Waals surface area contributed by atoms with Crippen molar-refractivity contribution in [2.75, 3.05) is 13.1 Å². The first-order chi connectivity index (χ1) is 19.3. The van der Waals surface area contributed by atoms with Gasteiger partial charge in [-0.05, 0) is 51.0 Å². The molecule has 0 aliphatic rings. The van der Waals surface area contributed by atoms with Gasteiger partial charge >= 0.3 is 0 Å². The zero-order chi connectivity index (χ0) is 30.3. The molecule has 2 aromatic carbocycles. The maximum Gasteiger partial charge on any atom is 0.251 e. The molecule has 2 amide bonds. The Labute approximate surface area is 255 Å². The Hall–Kier alpha value is -3.40. The summed E-state index contributed by atoms with van der Waals surface area (Å²) in [5, 5.41) is 6.21. The molecule has 0 spiro atoms. The Balaban J connectivity index is 0.00000616. The molecule has 0 radical (unpaired) electrons. The molecule has 1 heterocycles. The van der Waals surface area contributed by atoms with Crippen molar-refractivity contribution in [3.8, 4) is 17.0 Å². The number of amides is 2. The van der Waals surface area contributed by atoms with Crippen LogP contribution in [-0.4, -0.2) is 52.6 Å². The van der Waals surface area contributed by atoms with Crippen LogP contribution in [-0.2, 0) is 23.2 Å². The second-order valence-corrected chi connectivity index (χ2v) is 12.0. The first-order valence-electron chi connectivity index (χ1n) is 14.0. The molecule has 0 aliphatic heterocycles. The largest absolute Gasteiger partial charge is 0.489 e. The molecule has 0 aliphatic carbocycles. The lowest BCUT2D eigenvalue weighted by Gasteiger charge is -2.21. The highest BCUT2D eigenvalue weighted by Gasteiger charge is 2.22. The number of nitrogens with two attached hydrogens (primary N) is 2. The molecule has 0 unspecified atom stereocenters. The summed E-state index contributed by atoms with van der Waals surface area (Å²) in [4.78, 5) is 30.2. The van der Waals surface area contributed by atoms with Gasteiger partial charge < -0.3 is 31.4 Å². The third-order valence-electron chi connectivity index (χ3n) is 6.38. The van der Waals surface area contributed by atoms with Crippen LogP contribution in [0.3, 0.4) is 0 Å². The van der Waals surface area contributed by atoms with Gasteiger partial charge in [0.05, 0.1) is 28.9 Å². The van der Waals surface area contributed by atoms with Crippen molar-refractivity contribution in [1.29, 1.82) is 0 Å². The van der Waals surface area contributed by atoms with E-state index in [-0.39, 0.29) is 37.3 Å². The van der Waals surface area contributed by atoms with E-state index in [0.29, 0.717) is 35.8 Å². The van der Waals surface area contributed by atoms with E-state index in [9.17, 15) is 9.59 Å². The Bertz CT molecular complexity index is 1330. The van der Waals surface area contributed by atoms with Gasteiger partial charge in [0.25, 0.3) is 5.91 Å². The molecular formula is C32H47ClN6O3. The van der Waals surface area contributed by atoms with E-state index in [0.717, 1.165) is 22.6 Å². The number of nitrogens with zero attached hydrogens (tertiary/aromatic N) is 2. The highest BCUT2D eigenvalue weighted by atomic mass is 35.5. The number of ether oxygens (including phenoxy) is 1. The molecular weight excluding hydrogens is 552 g/mol. The van der Waals surface area contributed by atoms with Gasteiger partial charge in [-0.15, -0.1) is 0 Å². The van der Waals surface area contributed by atoms with E-state index in [1.807, 2.05) is 44.3 Å². The molecule has 3 aromatic rings. The summed E-state index contributed by atoms with van der Waals surface area (Å²) in [6.45, 7) is 13.3. The molecule has 0 saturated carbocycles. The summed E-state index contributed by atoms with van der Waals surface area (Å²) in [6.07, 6.45) is 2.48. The number of carbonyl (C=O) groups excluding carboxylic acids is 2. The van der Waals surface area contributed by atoms with E-state index in [1.165, 1.54) is 0 Å². The van der Waals surface area contributed by atoms with Crippen LogP contribution in [0.4, 0.5) is 0 Å². The average Bonchev–Trinajstić information content (AvgIpc) is 3.33. The van der Waals surface area contributed by atoms with Gasteiger partial charge in [0.1, 0.15) is 11.6 Å². The second-order valence-electron chi connectivity index (χ2n) is 11.6. The lowest BCUT2D eigenvalue weighted by Crippen LogP contribution is -2.48. The normalized spacial score (nSPS) is 12.8. The number of nitrogens with one attached hydrogen (secondary N) is 2. The van der Waals surface area contributed by atoms with Crippen LogP contribution in [0, 0.1) is 0 Å². The van der Waals surface area contributed by atoms with Gasteiger partial charge in [0.2, 0.25) is 5.91 Å². The summed E-state index contributed by atoms with van der Waals surface area (Å²) in [7, 11) is 0. The number of halogens is 1. The summed E-state index contributed by atoms with van der Waals surface area (Å²) < 4.78 is 7.79. The molecule has 230 valence electrons. The standard InChI is InChI=1S/C31H43ClN6O3.CH4/c1-19(2)41-27-12-11-23(16-25(27)32)29(40)36-24(17-35-28(39)20(3)34)15-21-7-9-22(10-8-21)26-18-38(14-13-33)30(37-26)31(4,5)6;/h7-12,16,18-20,24H,13-15,17,33-34H2,1-6H3,(H,35,39)(H,36,40);1H4/t20-,24+;/m1./s1. The van der Waals surface area contributed by atoms with Crippen LogP contribution in [0.15, 0.2) is 48.7 Å². The van der Waals surface area contributed by atoms with Crippen molar-refractivity contribution in [2.45, 2.75) is 85.5 Å². The monoisotopic (exact) mass is 598 g/mol. The van der Waals surface area contributed by atoms with Crippen molar-refractivity contribution in [3.63, 3.8) is 0 Å². The first-order valence-corrected chi connectivity index (χ1v) is 14.3. The number of imidazole rings is 1. The third kappa shape index (κ3) is 9.58. The minimum Gasteiger partial charge on any atom is -0.489 e. The van der Waals surface area contributed by atoms with Crippen LogP contribution in [0.25, 0.3) is 11.3 Å². The van der Waals surface area contributed by atoms with Crippen LogP contribution in [0.5, 0.6) is 5.75 Å². The zero-order valence-electron chi connectivity index (χ0n) is 24.8. The predicted molar refractivity (Wildman–Crippen MR) is 171 cm³/mol. The number of hydrogen-bond donors (Lipinski definition) is 4. The van der Waals surface area contributed by atoms with E-state index >= 15 is 0 Å². The smallest absolute Gasteiger partial charge is 0.251 e. The second kappa shape index (κ2) is 15.2. The molecule has 6 N–H and O–H groups in total. The summed E-state index contributed by atoms with van der Waals surface area (Å²) in [5.41, 5.74) is 14.7. The van der Waals surface area contributed by atoms with Gasteiger partial charge in [0.15, 0.2) is 0 Å². The molecule has 0 saturated heterocycles. The highest BCUT2D eigenvalue weighted by Crippen LogP contribution is 2.28. The minimum atomic E-state index is -0.657. The Morgan fingerprint density at radius 2 is 1.76 bits per heavy atom. The maximum absolute atomic E-state index is 13.1. The fourth-order valence-corrected chi connectivity index (χ4v) is 4.60. The van der Waals surface area contributed by atoms with Crippen LogP contribution < -0.4 is 26.8 Å². The van der Waals surface area contributed by atoms with Crippen molar-refractivity contribution >= 4 is 23.4 Å². The third-order valence-corrected chi connectivity index (χ3v) is 6.67. The van der Waals surface area contributed by atoms with E-state index in [4.69, 9.17) is 32.8 Å². The molecule has 1 aromatic heterocycles. The number of carbonyl (C=O) groups is 2. The summed E-state index contributed by atoms with van der Waals surface area (Å²) in [5.74, 6) is 0.903. The lowest BCUT2D eigenvalue weighted by molar-refractivity contribution is -0.122. The van der Waals surface area contributed by atoms with Crippen molar-refractivity contribution in [3.05, 3.63) is 70.6 Å². The fourth-order valence-electron chi connectivity index (χ4n) is 4.38. The van der Waals surface area contributed by atoms with E-state index < -0.39 is 12.1 Å². The molecule has 0 fully saturated rings. The van der Waals surface area contributed by atoms with Gasteiger partial charge in [-0.1, -0.05) is 64.1 Å². The topological polar surface area (TPSA) is 137 Å². The minimum absolute atomic E-state index is 0. The number of aromatic nitrogens is 2. The Morgan fingerprint density at radius 3 is 2.31 bits per heavy atom. The number of benzene rings is 2. The molecule has 42 heavy (non-hydrogen) atoms. The van der Waals surface area contributed by atoms with Crippen molar-refractivity contribution in [1.82, 2.24) is 20.2 Å². The van der Waals surface area contributed by atoms with E-state index in [2.05, 4.69) is 36.0 Å². The van der Waals surface area contributed by atoms with Crippen molar-refractivity contribution in [2.24, 2.45) is 11.5 Å². The van der Waals surface area contributed by atoms with E-state index in [1.54, 1.807) is 25.1 Å². The summed E-state index contributed by atoms with van der Waals surface area (Å²) in [6, 6.07) is 11.9. The number of rotatable bonds is 12.